The standard InChI is InChI=1S/C21H15N3O4S/c1-13-7-8-15(24(26)27)11-17(13)18-10-9-16(28-18)12-19-20(25)23-21(29-19)22-14-5-3-2-4-6-14/h2-12H,1H3,(H,22,23,25)/b19-12-. The average molecular weight is 405 g/mol. The summed E-state index contributed by atoms with van der Waals surface area (Å²) in [5.41, 5.74) is 2.24. The van der Waals surface area contributed by atoms with Gasteiger partial charge in [0.05, 0.1) is 15.5 Å². The van der Waals surface area contributed by atoms with E-state index < -0.39 is 4.92 Å². The van der Waals surface area contributed by atoms with E-state index in [2.05, 4.69) is 10.3 Å². The van der Waals surface area contributed by atoms with Gasteiger partial charge in [-0.05, 0) is 48.5 Å². The Kier molecular flexibility index (Phi) is 5.01. The topological polar surface area (TPSA) is 97.7 Å². The third kappa shape index (κ3) is 4.12. The lowest BCUT2D eigenvalue weighted by Crippen LogP contribution is -2.19. The molecule has 1 N–H and O–H groups in total. The van der Waals surface area contributed by atoms with Crippen LogP contribution in [0.2, 0.25) is 0 Å². The second kappa shape index (κ2) is 7.76. The summed E-state index contributed by atoms with van der Waals surface area (Å²) in [5.74, 6) is 0.721. The summed E-state index contributed by atoms with van der Waals surface area (Å²) in [6, 6.07) is 17.4. The first-order chi connectivity index (χ1) is 14.0. The van der Waals surface area contributed by atoms with Crippen molar-refractivity contribution < 1.29 is 14.1 Å². The van der Waals surface area contributed by atoms with Gasteiger partial charge in [-0.15, -0.1) is 0 Å². The molecule has 0 aliphatic carbocycles. The maximum absolute atomic E-state index is 12.2. The van der Waals surface area contributed by atoms with Crippen LogP contribution in [0.3, 0.4) is 0 Å². The van der Waals surface area contributed by atoms with Crippen LogP contribution >= 0.6 is 11.8 Å². The van der Waals surface area contributed by atoms with E-state index in [1.54, 1.807) is 24.3 Å². The van der Waals surface area contributed by atoms with Gasteiger partial charge in [0.15, 0.2) is 5.17 Å². The molecule has 0 unspecified atom stereocenters. The summed E-state index contributed by atoms with van der Waals surface area (Å²) < 4.78 is 5.82. The van der Waals surface area contributed by atoms with Gasteiger partial charge in [-0.3, -0.25) is 14.9 Å². The zero-order valence-electron chi connectivity index (χ0n) is 15.3. The molecule has 0 saturated carbocycles. The van der Waals surface area contributed by atoms with Gasteiger partial charge in [0, 0.05) is 23.8 Å². The Morgan fingerprint density at radius 2 is 1.93 bits per heavy atom. The van der Waals surface area contributed by atoms with Crippen LogP contribution in [0, 0.1) is 17.0 Å². The van der Waals surface area contributed by atoms with Crippen molar-refractivity contribution >= 4 is 40.3 Å². The van der Waals surface area contributed by atoms with Gasteiger partial charge in [-0.1, -0.05) is 24.3 Å². The van der Waals surface area contributed by atoms with E-state index in [4.69, 9.17) is 4.42 Å². The highest BCUT2D eigenvalue weighted by Crippen LogP contribution is 2.32. The molecule has 3 aromatic rings. The number of benzene rings is 2. The van der Waals surface area contributed by atoms with Crippen LogP contribution in [0.1, 0.15) is 11.3 Å². The number of thioether (sulfide) groups is 1. The first-order valence-electron chi connectivity index (χ1n) is 8.69. The molecular formula is C21H15N3O4S. The molecule has 29 heavy (non-hydrogen) atoms. The number of furan rings is 1. The first kappa shape index (κ1) is 18.7. The van der Waals surface area contributed by atoms with Gasteiger partial charge in [0.25, 0.3) is 11.6 Å². The zero-order valence-corrected chi connectivity index (χ0v) is 16.1. The molecule has 7 nitrogen and oxygen atoms in total. The van der Waals surface area contributed by atoms with E-state index >= 15 is 0 Å². The minimum Gasteiger partial charge on any atom is -0.457 e. The quantitative estimate of drug-likeness (QED) is 0.372. The van der Waals surface area contributed by atoms with Crippen LogP contribution in [0.5, 0.6) is 0 Å². The number of carbonyl (C=O) groups is 1. The summed E-state index contributed by atoms with van der Waals surface area (Å²) in [5, 5.41) is 14.3. The molecule has 144 valence electrons. The number of nitrogens with zero attached hydrogens (tertiary/aromatic N) is 2. The second-order valence-corrected chi connectivity index (χ2v) is 7.31. The van der Waals surface area contributed by atoms with Crippen molar-refractivity contribution in [3.63, 3.8) is 0 Å². The van der Waals surface area contributed by atoms with Gasteiger partial charge in [0.2, 0.25) is 0 Å². The third-order valence-corrected chi connectivity index (χ3v) is 5.15. The van der Waals surface area contributed by atoms with E-state index in [1.807, 2.05) is 37.3 Å². The lowest BCUT2D eigenvalue weighted by Gasteiger charge is -2.02. The van der Waals surface area contributed by atoms with Crippen LogP contribution in [0.4, 0.5) is 11.4 Å². The molecule has 2 aromatic carbocycles. The van der Waals surface area contributed by atoms with Crippen LogP contribution in [0.15, 0.2) is 75.0 Å². The van der Waals surface area contributed by atoms with Crippen LogP contribution < -0.4 is 5.32 Å². The summed E-state index contributed by atoms with van der Waals surface area (Å²) in [6.45, 7) is 1.85. The van der Waals surface area contributed by atoms with Gasteiger partial charge in [0.1, 0.15) is 11.5 Å². The van der Waals surface area contributed by atoms with E-state index in [0.29, 0.717) is 27.2 Å². The number of nitro benzene ring substituents is 1. The molecule has 1 amide bonds. The highest BCUT2D eigenvalue weighted by Gasteiger charge is 2.24. The third-order valence-electron chi connectivity index (χ3n) is 4.24. The Morgan fingerprint density at radius 3 is 2.69 bits per heavy atom. The molecule has 8 heteroatoms. The highest BCUT2D eigenvalue weighted by molar-refractivity contribution is 8.18. The lowest BCUT2D eigenvalue weighted by atomic mass is 10.1. The monoisotopic (exact) mass is 405 g/mol. The molecule has 1 aromatic heterocycles. The van der Waals surface area contributed by atoms with Crippen molar-refractivity contribution in [2.75, 3.05) is 0 Å². The maximum atomic E-state index is 12.2. The SMILES string of the molecule is Cc1ccc([N+](=O)[O-])cc1-c1ccc(/C=C2\SC(=Nc3ccccc3)NC2=O)o1. The number of nitro groups is 1. The summed E-state index contributed by atoms with van der Waals surface area (Å²) >= 11 is 1.22. The molecule has 1 aliphatic rings. The molecule has 4 rings (SSSR count). The number of non-ortho nitro benzene ring substituents is 1. The molecule has 0 bridgehead atoms. The molecule has 2 heterocycles. The number of hydrogen-bond donors (Lipinski definition) is 1. The van der Waals surface area contributed by atoms with E-state index in [-0.39, 0.29) is 11.6 Å². The fraction of sp³-hybridized carbons (Fsp3) is 0.0476. The lowest BCUT2D eigenvalue weighted by molar-refractivity contribution is -0.384. The van der Waals surface area contributed by atoms with E-state index in [0.717, 1.165) is 11.3 Å². The predicted molar refractivity (Wildman–Crippen MR) is 113 cm³/mol. The molecule has 0 atom stereocenters. The second-order valence-electron chi connectivity index (χ2n) is 6.28. The Labute approximate surface area is 170 Å². The number of aliphatic imine (C=N–C) groups is 1. The van der Waals surface area contributed by atoms with Gasteiger partial charge < -0.3 is 9.73 Å². The number of hydrogen-bond acceptors (Lipinski definition) is 6. The molecule has 1 saturated heterocycles. The highest BCUT2D eigenvalue weighted by atomic mass is 32.2. The number of nitrogens with one attached hydrogen (secondary N) is 1. The van der Waals surface area contributed by atoms with Crippen LogP contribution in [-0.4, -0.2) is 16.0 Å². The Hall–Kier alpha value is -3.65. The number of rotatable bonds is 4. The minimum atomic E-state index is -0.443. The predicted octanol–water partition coefficient (Wildman–Crippen LogP) is 5.05. The van der Waals surface area contributed by atoms with Crippen molar-refractivity contribution in [3.05, 3.63) is 87.0 Å². The maximum Gasteiger partial charge on any atom is 0.270 e. The molecule has 0 spiro atoms. The van der Waals surface area contributed by atoms with Crippen molar-refractivity contribution in [1.29, 1.82) is 0 Å². The molecule has 1 fully saturated rings. The fourth-order valence-electron chi connectivity index (χ4n) is 2.79. The van der Waals surface area contributed by atoms with Gasteiger partial charge in [-0.25, -0.2) is 4.99 Å². The zero-order chi connectivity index (χ0) is 20.4. The van der Waals surface area contributed by atoms with Crippen molar-refractivity contribution in [2.24, 2.45) is 4.99 Å². The Bertz CT molecular complexity index is 1170. The molecular weight excluding hydrogens is 390 g/mol. The van der Waals surface area contributed by atoms with Crippen molar-refractivity contribution in [3.8, 4) is 11.3 Å². The normalized spacial score (nSPS) is 16.4. The largest absolute Gasteiger partial charge is 0.457 e. The van der Waals surface area contributed by atoms with Gasteiger partial charge in [-0.2, -0.15) is 0 Å². The van der Waals surface area contributed by atoms with Crippen molar-refractivity contribution in [1.82, 2.24) is 5.32 Å². The summed E-state index contributed by atoms with van der Waals surface area (Å²) in [4.78, 5) is 27.7. The smallest absolute Gasteiger partial charge is 0.270 e. The molecule has 0 radical (unpaired) electrons. The van der Waals surface area contributed by atoms with E-state index in [1.165, 1.54) is 23.9 Å². The molecule has 1 aliphatic heterocycles. The number of amides is 1. The first-order valence-corrected chi connectivity index (χ1v) is 9.51. The Morgan fingerprint density at radius 1 is 1.14 bits per heavy atom. The van der Waals surface area contributed by atoms with Crippen LogP contribution in [-0.2, 0) is 4.79 Å². The fourth-order valence-corrected chi connectivity index (χ4v) is 3.62. The minimum absolute atomic E-state index is 0.00519. The van der Waals surface area contributed by atoms with Crippen LogP contribution in [0.25, 0.3) is 17.4 Å². The number of carbonyl (C=O) groups excluding carboxylic acids is 1. The summed E-state index contributed by atoms with van der Waals surface area (Å²) in [7, 11) is 0. The number of amidine groups is 1. The van der Waals surface area contributed by atoms with Crippen molar-refractivity contribution in [2.45, 2.75) is 6.92 Å². The van der Waals surface area contributed by atoms with E-state index in [9.17, 15) is 14.9 Å². The number of para-hydroxylation sites is 1. The average Bonchev–Trinajstić information content (AvgIpc) is 3.30. The Balaban J connectivity index is 1.58. The number of aryl methyl sites for hydroxylation is 1. The summed E-state index contributed by atoms with van der Waals surface area (Å²) in [6.07, 6.45) is 1.63. The van der Waals surface area contributed by atoms with Gasteiger partial charge >= 0.3 is 0 Å².